The van der Waals surface area contributed by atoms with Crippen molar-refractivity contribution in [3.8, 4) is 11.8 Å². The minimum absolute atomic E-state index is 0.00478. The summed E-state index contributed by atoms with van der Waals surface area (Å²) in [5.41, 5.74) is 0.419. The Morgan fingerprint density at radius 2 is 1.96 bits per heavy atom. The summed E-state index contributed by atoms with van der Waals surface area (Å²) in [5, 5.41) is 9.81. The number of hydrogen-bond donors (Lipinski definition) is 1. The lowest BCUT2D eigenvalue weighted by molar-refractivity contribution is -0.149. The summed E-state index contributed by atoms with van der Waals surface area (Å²) in [6.45, 7) is 1.15. The van der Waals surface area contributed by atoms with E-state index < -0.39 is 12.0 Å². The number of aromatic nitrogens is 1. The molecule has 1 N–H and O–H groups in total. The topological polar surface area (TPSA) is 92.2 Å². The van der Waals surface area contributed by atoms with Crippen LogP contribution in [0, 0.1) is 0 Å². The third-order valence-corrected chi connectivity index (χ3v) is 5.21. The summed E-state index contributed by atoms with van der Waals surface area (Å²) in [5.74, 6) is -0.494. The zero-order valence-electron chi connectivity index (χ0n) is 15.2. The molecule has 1 amide bonds. The fraction of sp³-hybridized carbons (Fsp3) is 0.611. The molecular weight excluding hydrogens is 338 g/mol. The number of rotatable bonds is 6. The number of carbonyl (C=O) groups is 2. The van der Waals surface area contributed by atoms with Gasteiger partial charge in [0.05, 0.1) is 20.8 Å². The zero-order valence-corrected chi connectivity index (χ0v) is 15.2. The number of nitrogens with zero attached hydrogens (tertiary/aromatic N) is 3. The van der Waals surface area contributed by atoms with Gasteiger partial charge >= 0.3 is 5.97 Å². The van der Waals surface area contributed by atoms with E-state index in [4.69, 9.17) is 9.47 Å². The molecule has 0 unspecified atom stereocenters. The van der Waals surface area contributed by atoms with E-state index >= 15 is 0 Å². The second kappa shape index (κ2) is 7.90. The molecule has 0 aromatic carbocycles. The van der Waals surface area contributed by atoms with Gasteiger partial charge in [-0.1, -0.05) is 12.8 Å². The Balaban J connectivity index is 1.81. The average molecular weight is 363 g/mol. The molecule has 1 saturated carbocycles. The number of carboxylic acid groups (broad SMARTS) is 1. The molecule has 1 saturated heterocycles. The zero-order chi connectivity index (χ0) is 18.7. The first-order valence-corrected chi connectivity index (χ1v) is 8.90. The van der Waals surface area contributed by atoms with Crippen molar-refractivity contribution in [2.75, 3.05) is 33.9 Å². The molecule has 1 atom stereocenters. The van der Waals surface area contributed by atoms with E-state index in [1.54, 1.807) is 17.0 Å². The van der Waals surface area contributed by atoms with E-state index in [2.05, 4.69) is 4.98 Å². The van der Waals surface area contributed by atoms with Crippen LogP contribution in [0.15, 0.2) is 12.1 Å². The van der Waals surface area contributed by atoms with Crippen LogP contribution < -0.4 is 9.47 Å². The summed E-state index contributed by atoms with van der Waals surface area (Å²) in [6.07, 6.45) is 4.41. The lowest BCUT2D eigenvalue weighted by atomic mass is 10.0. The maximum atomic E-state index is 12.6. The highest BCUT2D eigenvalue weighted by molar-refractivity contribution is 5.82. The molecule has 1 aromatic rings. The number of carboxylic acids is 1. The van der Waals surface area contributed by atoms with Crippen molar-refractivity contribution in [1.82, 2.24) is 14.8 Å². The van der Waals surface area contributed by atoms with E-state index in [9.17, 15) is 14.7 Å². The van der Waals surface area contributed by atoms with Gasteiger partial charge in [0.2, 0.25) is 17.7 Å². The minimum atomic E-state index is -1.03. The van der Waals surface area contributed by atoms with Crippen LogP contribution in [0.3, 0.4) is 0 Å². The molecule has 1 aliphatic heterocycles. The van der Waals surface area contributed by atoms with Crippen molar-refractivity contribution >= 4 is 11.9 Å². The monoisotopic (exact) mass is 363 g/mol. The van der Waals surface area contributed by atoms with Crippen LogP contribution in [-0.2, 0) is 9.59 Å². The van der Waals surface area contributed by atoms with Crippen LogP contribution >= 0.6 is 0 Å². The van der Waals surface area contributed by atoms with Gasteiger partial charge in [-0.2, -0.15) is 4.98 Å². The lowest BCUT2D eigenvalue weighted by Gasteiger charge is -2.40. The number of amides is 1. The number of methoxy groups -OCH3 is 2. The molecule has 0 bridgehead atoms. The summed E-state index contributed by atoms with van der Waals surface area (Å²) in [7, 11) is 2.92. The summed E-state index contributed by atoms with van der Waals surface area (Å²) in [6, 6.07) is 2.56. The lowest BCUT2D eigenvalue weighted by Crippen LogP contribution is -2.55. The number of aliphatic carboxylic acids is 1. The molecule has 0 spiro atoms. The number of carbonyl (C=O) groups excluding carboxylic acids is 1. The summed E-state index contributed by atoms with van der Waals surface area (Å²) < 4.78 is 10.3. The highest BCUT2D eigenvalue weighted by atomic mass is 16.5. The predicted octanol–water partition coefficient (Wildman–Crippen LogP) is 1.31. The summed E-state index contributed by atoms with van der Waals surface area (Å²) >= 11 is 0. The first-order valence-electron chi connectivity index (χ1n) is 8.90. The second-order valence-corrected chi connectivity index (χ2v) is 6.69. The van der Waals surface area contributed by atoms with E-state index in [1.165, 1.54) is 14.2 Å². The predicted molar refractivity (Wildman–Crippen MR) is 93.3 cm³/mol. The van der Waals surface area contributed by atoms with Gasteiger partial charge in [-0.3, -0.25) is 14.5 Å². The quantitative estimate of drug-likeness (QED) is 0.815. The van der Waals surface area contributed by atoms with Crippen LogP contribution in [0.1, 0.15) is 37.3 Å². The van der Waals surface area contributed by atoms with Gasteiger partial charge in [0.1, 0.15) is 6.04 Å². The van der Waals surface area contributed by atoms with Gasteiger partial charge in [0.25, 0.3) is 0 Å². The Morgan fingerprint density at radius 3 is 2.54 bits per heavy atom. The molecule has 2 aliphatic rings. The molecular formula is C18H25N3O5. The second-order valence-electron chi connectivity index (χ2n) is 6.69. The van der Waals surface area contributed by atoms with E-state index in [0.29, 0.717) is 30.6 Å². The third-order valence-electron chi connectivity index (χ3n) is 5.21. The normalized spacial score (nSPS) is 20.2. The molecule has 2 fully saturated rings. The van der Waals surface area contributed by atoms with Crippen LogP contribution in [0.25, 0.3) is 0 Å². The van der Waals surface area contributed by atoms with Crippen LogP contribution in [0.5, 0.6) is 11.8 Å². The summed E-state index contributed by atoms with van der Waals surface area (Å²) in [4.78, 5) is 32.4. The first-order chi connectivity index (χ1) is 12.5. The van der Waals surface area contributed by atoms with Crippen LogP contribution in [-0.4, -0.2) is 71.7 Å². The van der Waals surface area contributed by atoms with Gasteiger partial charge in [-0.25, -0.2) is 0 Å². The molecule has 1 aliphatic carbocycles. The van der Waals surface area contributed by atoms with Gasteiger partial charge < -0.3 is 19.5 Å². The van der Waals surface area contributed by atoms with E-state index in [1.807, 2.05) is 4.90 Å². The molecule has 2 heterocycles. The number of hydrogen-bond acceptors (Lipinski definition) is 6. The maximum absolute atomic E-state index is 12.6. The van der Waals surface area contributed by atoms with Crippen molar-refractivity contribution in [3.63, 3.8) is 0 Å². The molecule has 0 radical (unpaired) electrons. The Morgan fingerprint density at radius 1 is 1.23 bits per heavy atom. The third kappa shape index (κ3) is 3.60. The van der Waals surface area contributed by atoms with Crippen molar-refractivity contribution in [3.05, 3.63) is 17.7 Å². The SMILES string of the molecule is COc1ccc([C@H](C(=O)O)N2CCN(C3CCCC3)C(=O)C2)c(OC)n1. The molecule has 3 rings (SSSR count). The number of pyridine rings is 1. The fourth-order valence-electron chi connectivity index (χ4n) is 3.93. The molecule has 8 heteroatoms. The number of ether oxygens (including phenoxy) is 2. The van der Waals surface area contributed by atoms with Crippen molar-refractivity contribution in [1.29, 1.82) is 0 Å². The fourth-order valence-corrected chi connectivity index (χ4v) is 3.93. The average Bonchev–Trinajstić information content (AvgIpc) is 3.16. The maximum Gasteiger partial charge on any atom is 0.325 e. The smallest absolute Gasteiger partial charge is 0.325 e. The van der Waals surface area contributed by atoms with Gasteiger partial charge in [-0.05, 0) is 18.9 Å². The van der Waals surface area contributed by atoms with Crippen LogP contribution in [0.4, 0.5) is 0 Å². The molecule has 8 nitrogen and oxygen atoms in total. The highest BCUT2D eigenvalue weighted by Crippen LogP contribution is 2.32. The Bertz CT molecular complexity index is 675. The van der Waals surface area contributed by atoms with Gasteiger partial charge in [-0.15, -0.1) is 0 Å². The van der Waals surface area contributed by atoms with E-state index in [-0.39, 0.29) is 18.3 Å². The highest BCUT2D eigenvalue weighted by Gasteiger charge is 2.38. The van der Waals surface area contributed by atoms with Gasteiger partial charge in [0, 0.05) is 30.8 Å². The number of piperazine rings is 1. The Kier molecular flexibility index (Phi) is 5.61. The standard InChI is InChI=1S/C18H25N3O5/c1-25-14-8-7-13(17(19-14)26-2)16(18(23)24)20-9-10-21(15(22)11-20)12-5-3-4-6-12/h7-8,12,16H,3-6,9-11H2,1-2H3,(H,23,24)/t16-/m1/s1. The van der Waals surface area contributed by atoms with Gasteiger partial charge in [0.15, 0.2) is 0 Å². The molecule has 26 heavy (non-hydrogen) atoms. The molecule has 1 aromatic heterocycles. The Hall–Kier alpha value is -2.35. The van der Waals surface area contributed by atoms with E-state index in [0.717, 1.165) is 25.7 Å². The first kappa shape index (κ1) is 18.4. The molecule has 142 valence electrons. The van der Waals surface area contributed by atoms with Crippen molar-refractivity contribution in [2.45, 2.75) is 37.8 Å². The minimum Gasteiger partial charge on any atom is -0.481 e. The van der Waals surface area contributed by atoms with Crippen molar-refractivity contribution < 1.29 is 24.2 Å². The van der Waals surface area contributed by atoms with Crippen molar-refractivity contribution in [2.24, 2.45) is 0 Å². The van der Waals surface area contributed by atoms with Crippen LogP contribution in [0.2, 0.25) is 0 Å². The largest absolute Gasteiger partial charge is 0.481 e. The Labute approximate surface area is 152 Å².